The van der Waals surface area contributed by atoms with Gasteiger partial charge in [0.05, 0.1) is 13.7 Å². The van der Waals surface area contributed by atoms with Crippen LogP contribution in [-0.2, 0) is 23.2 Å². The second kappa shape index (κ2) is 11.6. The Balaban J connectivity index is 1.59. The molecule has 2 aromatic rings. The molecule has 0 amide bonds. The smallest absolute Gasteiger partial charge is 0.231 e. The molecular weight excluding hydrogens is 416 g/mol. The zero-order valence-corrected chi connectivity index (χ0v) is 18.7. The number of rotatable bonds is 11. The van der Waals surface area contributed by atoms with E-state index in [1.54, 1.807) is 7.11 Å². The van der Waals surface area contributed by atoms with Crippen molar-refractivity contribution in [1.82, 2.24) is 10.0 Å². The van der Waals surface area contributed by atoms with E-state index in [2.05, 4.69) is 16.1 Å². The van der Waals surface area contributed by atoms with Crippen LogP contribution in [0, 0.1) is 0 Å². The van der Waals surface area contributed by atoms with Crippen LogP contribution in [0.4, 0.5) is 0 Å². The number of hydrogen-bond acceptors (Lipinski definition) is 5. The van der Waals surface area contributed by atoms with Gasteiger partial charge < -0.3 is 19.9 Å². The first-order chi connectivity index (χ1) is 15.0. The minimum Gasteiger partial charge on any atom is -0.497 e. The fourth-order valence-corrected chi connectivity index (χ4v) is 4.62. The summed E-state index contributed by atoms with van der Waals surface area (Å²) in [6.07, 6.45) is 3.79. The monoisotopic (exact) mass is 448 g/mol. The minimum atomic E-state index is -2.04. The number of methoxy groups -OCH3 is 1. The summed E-state index contributed by atoms with van der Waals surface area (Å²) in [5.74, 6) is 1.56. The van der Waals surface area contributed by atoms with Crippen LogP contribution >= 0.6 is 0 Å². The summed E-state index contributed by atoms with van der Waals surface area (Å²) in [6.45, 7) is 1.53. The van der Waals surface area contributed by atoms with Gasteiger partial charge in [0, 0.05) is 24.5 Å². The number of ether oxygens (including phenoxy) is 2. The van der Waals surface area contributed by atoms with Crippen LogP contribution in [0.5, 0.6) is 11.5 Å². The molecule has 0 saturated heterocycles. The van der Waals surface area contributed by atoms with Crippen molar-refractivity contribution in [2.75, 3.05) is 26.9 Å². The van der Waals surface area contributed by atoms with E-state index in [0.717, 1.165) is 49.3 Å². The number of hydrogen-bond donors (Lipinski definition) is 4. The summed E-state index contributed by atoms with van der Waals surface area (Å²) in [5, 5.41) is 12.5. The molecule has 0 aliphatic heterocycles. The fraction of sp³-hybridized carbons (Fsp3) is 0.478. The second-order valence-electron chi connectivity index (χ2n) is 7.95. The van der Waals surface area contributed by atoms with Gasteiger partial charge >= 0.3 is 0 Å². The van der Waals surface area contributed by atoms with Crippen LogP contribution in [0.25, 0.3) is 0 Å². The molecule has 31 heavy (non-hydrogen) atoms. The molecule has 0 radical (unpaired) electrons. The summed E-state index contributed by atoms with van der Waals surface area (Å²) < 4.78 is 34.1. The largest absolute Gasteiger partial charge is 0.497 e. The van der Waals surface area contributed by atoms with E-state index in [4.69, 9.17) is 14.6 Å². The maximum Gasteiger partial charge on any atom is 0.231 e. The first-order valence-corrected chi connectivity index (χ1v) is 11.7. The highest BCUT2D eigenvalue weighted by Gasteiger charge is 2.37. The Morgan fingerprint density at radius 2 is 1.87 bits per heavy atom. The van der Waals surface area contributed by atoms with Crippen molar-refractivity contribution in [2.24, 2.45) is 0 Å². The SMILES string of the molecule is COc1cccc(C2(CNS(=O)O)CCC(NCc3ccc(OCCO)cc3)CC2)c1. The molecular formula is C23H32N2O5S. The maximum absolute atomic E-state index is 11.3. The van der Waals surface area contributed by atoms with Gasteiger partial charge in [-0.2, -0.15) is 0 Å². The van der Waals surface area contributed by atoms with Crippen molar-refractivity contribution in [1.29, 1.82) is 0 Å². The van der Waals surface area contributed by atoms with E-state index in [9.17, 15) is 8.76 Å². The number of benzene rings is 2. The summed E-state index contributed by atoms with van der Waals surface area (Å²) in [6, 6.07) is 16.3. The molecule has 8 heteroatoms. The van der Waals surface area contributed by atoms with Crippen LogP contribution in [0.15, 0.2) is 48.5 Å². The van der Waals surface area contributed by atoms with Gasteiger partial charge in [0.1, 0.15) is 18.1 Å². The van der Waals surface area contributed by atoms with E-state index in [1.807, 2.05) is 42.5 Å². The van der Waals surface area contributed by atoms with Gasteiger partial charge in [0.15, 0.2) is 0 Å². The van der Waals surface area contributed by atoms with Gasteiger partial charge in [-0.3, -0.25) is 4.55 Å². The van der Waals surface area contributed by atoms with Crippen molar-refractivity contribution in [3.8, 4) is 11.5 Å². The van der Waals surface area contributed by atoms with Crippen LogP contribution in [0.2, 0.25) is 0 Å². The second-order valence-corrected chi connectivity index (χ2v) is 8.74. The molecule has 0 aromatic heterocycles. The summed E-state index contributed by atoms with van der Waals surface area (Å²) >= 11 is -2.04. The average Bonchev–Trinajstić information content (AvgIpc) is 2.81. The normalized spacial score (nSPS) is 22.1. The van der Waals surface area contributed by atoms with Crippen LogP contribution in [0.3, 0.4) is 0 Å². The van der Waals surface area contributed by atoms with Crippen molar-refractivity contribution in [3.63, 3.8) is 0 Å². The molecule has 1 unspecified atom stereocenters. The van der Waals surface area contributed by atoms with E-state index in [0.29, 0.717) is 19.2 Å². The molecule has 1 atom stereocenters. The molecule has 0 bridgehead atoms. The Hall–Kier alpha value is -1.97. The lowest BCUT2D eigenvalue weighted by atomic mass is 9.68. The van der Waals surface area contributed by atoms with Gasteiger partial charge in [0.25, 0.3) is 0 Å². The summed E-state index contributed by atoms with van der Waals surface area (Å²) in [4.78, 5) is 0. The number of nitrogens with one attached hydrogen (secondary N) is 2. The summed E-state index contributed by atoms with van der Waals surface area (Å²) in [7, 11) is 1.65. The minimum absolute atomic E-state index is 0.00593. The molecule has 3 rings (SSSR count). The van der Waals surface area contributed by atoms with Crippen LogP contribution in [-0.4, -0.2) is 46.8 Å². The standard InChI is InChI=1S/C23H32N2O5S/c1-29-22-4-2-3-19(15-22)23(17-25-31(27)28)11-9-20(10-12-23)24-16-18-5-7-21(8-6-18)30-14-13-26/h2-8,15,20,24-26H,9-14,16-17H2,1H3,(H,27,28). The molecule has 0 spiro atoms. The Morgan fingerprint density at radius 1 is 1.13 bits per heavy atom. The Labute approximate surface area is 186 Å². The highest BCUT2D eigenvalue weighted by molar-refractivity contribution is 7.77. The third-order valence-electron chi connectivity index (χ3n) is 6.04. The van der Waals surface area contributed by atoms with Crippen molar-refractivity contribution < 1.29 is 23.3 Å². The van der Waals surface area contributed by atoms with E-state index < -0.39 is 11.3 Å². The third kappa shape index (κ3) is 6.75. The zero-order chi connectivity index (χ0) is 22.1. The lowest BCUT2D eigenvalue weighted by Crippen LogP contribution is -2.45. The van der Waals surface area contributed by atoms with Crippen molar-refractivity contribution >= 4 is 11.3 Å². The zero-order valence-electron chi connectivity index (χ0n) is 17.9. The Morgan fingerprint density at radius 3 is 2.52 bits per heavy atom. The topological polar surface area (TPSA) is 100 Å². The van der Waals surface area contributed by atoms with E-state index in [-0.39, 0.29) is 12.0 Å². The first kappa shape index (κ1) is 23.7. The Kier molecular flexibility index (Phi) is 8.86. The molecule has 2 aromatic carbocycles. The Bertz CT molecular complexity index is 838. The van der Waals surface area contributed by atoms with Gasteiger partial charge in [-0.15, -0.1) is 0 Å². The molecule has 1 fully saturated rings. The molecule has 170 valence electrons. The highest BCUT2D eigenvalue weighted by Crippen LogP contribution is 2.40. The third-order valence-corrected chi connectivity index (χ3v) is 6.43. The van der Waals surface area contributed by atoms with E-state index in [1.165, 1.54) is 5.56 Å². The predicted molar refractivity (Wildman–Crippen MR) is 122 cm³/mol. The molecule has 4 N–H and O–H groups in total. The molecule has 1 saturated carbocycles. The van der Waals surface area contributed by atoms with Crippen LogP contribution in [0.1, 0.15) is 36.8 Å². The number of aliphatic hydroxyl groups excluding tert-OH is 1. The van der Waals surface area contributed by atoms with Gasteiger partial charge in [0.2, 0.25) is 11.3 Å². The fourth-order valence-electron chi connectivity index (χ4n) is 4.22. The van der Waals surface area contributed by atoms with Gasteiger partial charge in [-0.05, 0) is 61.1 Å². The summed E-state index contributed by atoms with van der Waals surface area (Å²) in [5.41, 5.74) is 2.12. The quantitative estimate of drug-likeness (QED) is 0.395. The molecule has 1 aliphatic carbocycles. The maximum atomic E-state index is 11.3. The average molecular weight is 449 g/mol. The number of aliphatic hydroxyl groups is 1. The first-order valence-electron chi connectivity index (χ1n) is 10.6. The van der Waals surface area contributed by atoms with Crippen molar-refractivity contribution in [2.45, 2.75) is 43.7 Å². The van der Waals surface area contributed by atoms with Gasteiger partial charge in [-0.1, -0.05) is 24.3 Å². The predicted octanol–water partition coefficient (Wildman–Crippen LogP) is 2.76. The molecule has 7 nitrogen and oxygen atoms in total. The van der Waals surface area contributed by atoms with Gasteiger partial charge in [-0.25, -0.2) is 8.93 Å². The molecule has 1 aliphatic rings. The lowest BCUT2D eigenvalue weighted by molar-refractivity contribution is 0.201. The highest BCUT2D eigenvalue weighted by atomic mass is 32.2. The lowest BCUT2D eigenvalue weighted by Gasteiger charge is -2.41. The van der Waals surface area contributed by atoms with Crippen molar-refractivity contribution in [3.05, 3.63) is 59.7 Å². The molecule has 0 heterocycles. The van der Waals surface area contributed by atoms with Crippen LogP contribution < -0.4 is 19.5 Å². The van der Waals surface area contributed by atoms with E-state index >= 15 is 0 Å².